The number of aliphatic hydroxyl groups is 1. The molecule has 0 fully saturated rings. The van der Waals surface area contributed by atoms with Crippen molar-refractivity contribution >= 4 is 33.3 Å². The van der Waals surface area contributed by atoms with Crippen molar-refractivity contribution in [1.29, 1.82) is 0 Å². The van der Waals surface area contributed by atoms with Crippen LogP contribution in [0.4, 0.5) is 29.3 Å². The maximum Gasteiger partial charge on any atom is 0.416 e. The summed E-state index contributed by atoms with van der Waals surface area (Å²) in [6, 6.07) is 7.26. The van der Waals surface area contributed by atoms with Gasteiger partial charge in [0.25, 0.3) is 0 Å². The number of ether oxygens (including phenoxy) is 1. The largest absolute Gasteiger partial charge is 0.488 e. The fourth-order valence-electron chi connectivity index (χ4n) is 5.11. The smallest absolute Gasteiger partial charge is 0.416 e. The minimum atomic E-state index is -4.51. The van der Waals surface area contributed by atoms with Crippen LogP contribution in [0.3, 0.4) is 0 Å². The number of nitrogens with one attached hydrogen (secondary N) is 2. The number of carbonyl (C=O) groups excluding carboxylic acids is 2. The van der Waals surface area contributed by atoms with Gasteiger partial charge in [0.2, 0.25) is 15.9 Å². The number of fused-ring (bicyclic) bond motifs is 1. The van der Waals surface area contributed by atoms with Crippen molar-refractivity contribution in [2.75, 3.05) is 37.4 Å². The van der Waals surface area contributed by atoms with E-state index in [1.807, 2.05) is 6.92 Å². The van der Waals surface area contributed by atoms with E-state index in [4.69, 9.17) is 9.26 Å². The van der Waals surface area contributed by atoms with E-state index in [9.17, 15) is 36.3 Å². The highest BCUT2D eigenvalue weighted by atomic mass is 32.2. The molecule has 250 valence electrons. The van der Waals surface area contributed by atoms with Crippen LogP contribution < -0.4 is 15.4 Å². The molecule has 2 aromatic carbocycles. The number of rotatable bonds is 8. The first-order valence-electron chi connectivity index (χ1n) is 14.4. The van der Waals surface area contributed by atoms with Crippen molar-refractivity contribution in [2.24, 2.45) is 5.92 Å². The zero-order chi connectivity index (χ0) is 34.0. The summed E-state index contributed by atoms with van der Waals surface area (Å²) in [7, 11) is -2.61. The van der Waals surface area contributed by atoms with Gasteiger partial charge in [-0.2, -0.15) is 17.5 Å². The maximum atomic E-state index is 13.5. The van der Waals surface area contributed by atoms with E-state index in [1.54, 1.807) is 13.0 Å². The van der Waals surface area contributed by atoms with Gasteiger partial charge in [-0.15, -0.1) is 0 Å². The zero-order valence-electron chi connectivity index (χ0n) is 25.9. The van der Waals surface area contributed by atoms with Gasteiger partial charge in [-0.05, 0) is 63.2 Å². The maximum absolute atomic E-state index is 13.5. The molecule has 0 saturated heterocycles. The Morgan fingerprint density at radius 1 is 1.15 bits per heavy atom. The van der Waals surface area contributed by atoms with Crippen molar-refractivity contribution in [3.05, 3.63) is 65.0 Å². The number of benzene rings is 2. The fourth-order valence-corrected chi connectivity index (χ4v) is 6.58. The Morgan fingerprint density at radius 2 is 1.78 bits per heavy atom. The van der Waals surface area contributed by atoms with Gasteiger partial charge in [-0.3, -0.25) is 4.79 Å². The quantitative estimate of drug-likeness (QED) is 0.319. The number of amides is 3. The van der Waals surface area contributed by atoms with Gasteiger partial charge in [0, 0.05) is 36.4 Å². The highest BCUT2D eigenvalue weighted by Gasteiger charge is 2.35. The number of alkyl halides is 3. The standard InChI is InChI=1S/C30H36F3N5O7S/c1-17-14-38(18(2)16-39)27(40)13-21-12-24(35-29(41)34-23-8-6-22(7-9-23)30(31,32)33)10-11-25(21)44-26(17)15-37(5)46(42,43)28-19(3)36-45-20(28)4/h6-12,17-18,26,39H,13-16H2,1-5H3,(H2,34,35,41)/t17-,18+,26+/m1/s1. The summed E-state index contributed by atoms with van der Waals surface area (Å²) in [6.45, 7) is 6.31. The number of hydrogen-bond donors (Lipinski definition) is 3. The SMILES string of the molecule is Cc1noc(C)c1S(=O)(=O)N(C)C[C@@H]1Oc2ccc(NC(=O)Nc3ccc(C(F)(F)F)cc3)cc2CC(=O)N([C@@H](C)CO)C[C@H]1C. The molecule has 0 unspecified atom stereocenters. The number of anilines is 2. The molecule has 3 aromatic rings. The average Bonchev–Trinajstić information content (AvgIpc) is 3.34. The van der Waals surface area contributed by atoms with Gasteiger partial charge in [-0.1, -0.05) is 12.1 Å². The molecule has 1 aromatic heterocycles. The topological polar surface area (TPSA) is 154 Å². The predicted octanol–water partition coefficient (Wildman–Crippen LogP) is 4.42. The zero-order valence-corrected chi connectivity index (χ0v) is 26.7. The van der Waals surface area contributed by atoms with Crippen LogP contribution in [0.1, 0.15) is 36.4 Å². The Bertz CT molecular complexity index is 1660. The second kappa shape index (κ2) is 13.7. The summed E-state index contributed by atoms with van der Waals surface area (Å²) in [4.78, 5) is 27.6. The first-order valence-corrected chi connectivity index (χ1v) is 15.8. The monoisotopic (exact) mass is 667 g/mol. The highest BCUT2D eigenvalue weighted by Crippen LogP contribution is 2.32. The Morgan fingerprint density at radius 3 is 2.37 bits per heavy atom. The number of aryl methyl sites for hydroxylation is 2. The lowest BCUT2D eigenvalue weighted by Gasteiger charge is -2.33. The van der Waals surface area contributed by atoms with Gasteiger partial charge in [0.05, 0.1) is 31.2 Å². The molecule has 12 nitrogen and oxygen atoms in total. The van der Waals surface area contributed by atoms with Crippen LogP contribution in [0.5, 0.6) is 5.75 Å². The lowest BCUT2D eigenvalue weighted by molar-refractivity contribution is -0.137. The van der Waals surface area contributed by atoms with Crippen molar-refractivity contribution < 1.29 is 45.5 Å². The van der Waals surface area contributed by atoms with Crippen molar-refractivity contribution in [3.8, 4) is 5.75 Å². The molecular weight excluding hydrogens is 631 g/mol. The molecule has 1 aliphatic heterocycles. The first kappa shape index (κ1) is 34.7. The van der Waals surface area contributed by atoms with Crippen LogP contribution in [0.2, 0.25) is 0 Å². The second-order valence-electron chi connectivity index (χ2n) is 11.3. The normalized spacial score (nSPS) is 18.2. The van der Waals surface area contributed by atoms with E-state index in [0.717, 1.165) is 28.6 Å². The van der Waals surface area contributed by atoms with E-state index >= 15 is 0 Å². The summed E-state index contributed by atoms with van der Waals surface area (Å²) in [5.74, 6) is -0.268. The van der Waals surface area contributed by atoms with Gasteiger partial charge in [-0.25, -0.2) is 13.2 Å². The summed E-state index contributed by atoms with van der Waals surface area (Å²) in [5.41, 5.74) is 0.151. The Balaban J connectivity index is 1.60. The Labute approximate surface area is 264 Å². The van der Waals surface area contributed by atoms with Gasteiger partial charge >= 0.3 is 12.2 Å². The molecule has 3 N–H and O–H groups in total. The van der Waals surface area contributed by atoms with E-state index in [1.165, 1.54) is 37.9 Å². The summed E-state index contributed by atoms with van der Waals surface area (Å²) in [6.07, 6.45) is -5.41. The highest BCUT2D eigenvalue weighted by molar-refractivity contribution is 7.89. The second-order valence-corrected chi connectivity index (χ2v) is 13.3. The molecule has 0 spiro atoms. The van der Waals surface area contributed by atoms with Gasteiger partial charge in [0.15, 0.2) is 5.76 Å². The number of carbonyl (C=O) groups is 2. The molecular formula is C30H36F3N5O7S. The minimum Gasteiger partial charge on any atom is -0.488 e. The van der Waals surface area contributed by atoms with Gasteiger partial charge < -0.3 is 29.9 Å². The molecule has 0 radical (unpaired) electrons. The molecule has 3 amide bonds. The van der Waals surface area contributed by atoms with Crippen LogP contribution in [0.25, 0.3) is 0 Å². The number of hydrogen-bond acceptors (Lipinski definition) is 8. The number of likely N-dealkylation sites (N-methyl/N-ethyl adjacent to an activating group) is 1. The van der Waals surface area contributed by atoms with Gasteiger partial charge in [0.1, 0.15) is 22.4 Å². The number of urea groups is 1. The fraction of sp³-hybridized carbons (Fsp3) is 0.433. The molecule has 0 aliphatic carbocycles. The third-order valence-corrected chi connectivity index (χ3v) is 9.79. The molecule has 46 heavy (non-hydrogen) atoms. The molecule has 4 rings (SSSR count). The number of aromatic nitrogens is 1. The third-order valence-electron chi connectivity index (χ3n) is 7.72. The summed E-state index contributed by atoms with van der Waals surface area (Å²) < 4.78 is 78.1. The van der Waals surface area contributed by atoms with E-state index in [0.29, 0.717) is 11.3 Å². The lowest BCUT2D eigenvalue weighted by atomic mass is 10.0. The number of halogens is 3. The molecule has 1 aliphatic rings. The van der Waals surface area contributed by atoms with Crippen molar-refractivity contribution in [2.45, 2.75) is 57.3 Å². The third kappa shape index (κ3) is 7.79. The first-order chi connectivity index (χ1) is 21.5. The van der Waals surface area contributed by atoms with Crippen molar-refractivity contribution in [1.82, 2.24) is 14.4 Å². The minimum absolute atomic E-state index is 0.0397. The van der Waals surface area contributed by atoms with Crippen LogP contribution >= 0.6 is 0 Å². The molecule has 16 heteroatoms. The average molecular weight is 668 g/mol. The number of aliphatic hydroxyl groups excluding tert-OH is 1. The van der Waals surface area contributed by atoms with E-state index in [2.05, 4.69) is 15.8 Å². The Hall–Kier alpha value is -4.15. The number of nitrogens with zero attached hydrogens (tertiary/aromatic N) is 3. The predicted molar refractivity (Wildman–Crippen MR) is 162 cm³/mol. The van der Waals surface area contributed by atoms with E-state index in [-0.39, 0.29) is 59.7 Å². The van der Waals surface area contributed by atoms with Crippen LogP contribution in [0, 0.1) is 19.8 Å². The lowest BCUT2D eigenvalue weighted by Crippen LogP contribution is -2.48. The van der Waals surface area contributed by atoms with Crippen LogP contribution in [-0.4, -0.2) is 78.7 Å². The molecule has 3 atom stereocenters. The molecule has 0 saturated carbocycles. The summed E-state index contributed by atoms with van der Waals surface area (Å²) in [5, 5.41) is 18.7. The Kier molecular flexibility index (Phi) is 10.3. The van der Waals surface area contributed by atoms with E-state index < -0.39 is 45.9 Å². The van der Waals surface area contributed by atoms with Crippen LogP contribution in [0.15, 0.2) is 51.9 Å². The molecule has 2 heterocycles. The molecule has 0 bridgehead atoms. The summed E-state index contributed by atoms with van der Waals surface area (Å²) >= 11 is 0. The van der Waals surface area contributed by atoms with Crippen molar-refractivity contribution in [3.63, 3.8) is 0 Å². The van der Waals surface area contributed by atoms with Crippen LogP contribution in [-0.2, 0) is 27.4 Å². The number of sulfonamides is 1.